The zero-order valence-corrected chi connectivity index (χ0v) is 13.1. The van der Waals surface area contributed by atoms with Crippen molar-refractivity contribution >= 4 is 33.0 Å². The van der Waals surface area contributed by atoms with Crippen molar-refractivity contribution in [3.05, 3.63) is 17.0 Å². The number of rotatable bonds is 7. The van der Waals surface area contributed by atoms with Gasteiger partial charge in [0, 0.05) is 24.6 Å². The summed E-state index contributed by atoms with van der Waals surface area (Å²) < 4.78 is 31.6. The van der Waals surface area contributed by atoms with Gasteiger partial charge in [0.15, 0.2) is 0 Å². The SMILES string of the molecule is COCCN(C(C)C)S(=O)(=O)c1ccc(CCl)s1. The van der Waals surface area contributed by atoms with Crippen molar-refractivity contribution in [2.45, 2.75) is 30.0 Å². The Kier molecular flexibility index (Phi) is 6.07. The predicted molar refractivity (Wildman–Crippen MR) is 74.8 cm³/mol. The van der Waals surface area contributed by atoms with Crippen LogP contribution in [0.1, 0.15) is 18.7 Å². The van der Waals surface area contributed by atoms with Gasteiger partial charge < -0.3 is 4.74 Å². The van der Waals surface area contributed by atoms with E-state index in [9.17, 15) is 8.42 Å². The summed E-state index contributed by atoms with van der Waals surface area (Å²) in [7, 11) is -1.89. The molecular formula is C11H18ClNO3S2. The van der Waals surface area contributed by atoms with Crippen LogP contribution in [0.2, 0.25) is 0 Å². The molecule has 0 unspecified atom stereocenters. The summed E-state index contributed by atoms with van der Waals surface area (Å²) in [5.74, 6) is 0.333. The van der Waals surface area contributed by atoms with E-state index in [1.54, 1.807) is 19.2 Å². The lowest BCUT2D eigenvalue weighted by molar-refractivity contribution is 0.171. The standard InChI is InChI=1S/C11H18ClNO3S2/c1-9(2)13(6-7-16-3)18(14,15)11-5-4-10(8-12)17-11/h4-5,9H,6-8H2,1-3H3. The number of halogens is 1. The fourth-order valence-corrected chi connectivity index (χ4v) is 4.73. The molecule has 0 fully saturated rings. The fourth-order valence-electron chi connectivity index (χ4n) is 1.52. The van der Waals surface area contributed by atoms with E-state index in [4.69, 9.17) is 16.3 Å². The summed E-state index contributed by atoms with van der Waals surface area (Å²) in [5.41, 5.74) is 0. The monoisotopic (exact) mass is 311 g/mol. The van der Waals surface area contributed by atoms with Gasteiger partial charge in [0.25, 0.3) is 10.0 Å². The van der Waals surface area contributed by atoms with Crippen LogP contribution in [0.4, 0.5) is 0 Å². The zero-order valence-electron chi connectivity index (χ0n) is 10.7. The second-order valence-electron chi connectivity index (χ2n) is 4.06. The minimum absolute atomic E-state index is 0.105. The number of alkyl halides is 1. The van der Waals surface area contributed by atoms with Gasteiger partial charge in [-0.25, -0.2) is 8.42 Å². The minimum atomic E-state index is -3.45. The minimum Gasteiger partial charge on any atom is -0.383 e. The molecule has 0 aromatic carbocycles. The van der Waals surface area contributed by atoms with Crippen molar-refractivity contribution < 1.29 is 13.2 Å². The smallest absolute Gasteiger partial charge is 0.252 e. The summed E-state index contributed by atoms with van der Waals surface area (Å²) >= 11 is 6.91. The van der Waals surface area contributed by atoms with Crippen molar-refractivity contribution in [1.82, 2.24) is 4.31 Å². The maximum atomic E-state index is 12.4. The largest absolute Gasteiger partial charge is 0.383 e. The third-order valence-electron chi connectivity index (χ3n) is 2.42. The quantitative estimate of drug-likeness (QED) is 0.727. The Morgan fingerprint density at radius 3 is 2.56 bits per heavy atom. The highest BCUT2D eigenvalue weighted by Gasteiger charge is 2.28. The third-order valence-corrected chi connectivity index (χ3v) is 6.50. The summed E-state index contributed by atoms with van der Waals surface area (Å²) in [4.78, 5) is 0.852. The number of methoxy groups -OCH3 is 1. The molecule has 1 rings (SSSR count). The molecule has 0 amide bonds. The molecule has 1 aromatic rings. The van der Waals surface area contributed by atoms with Gasteiger partial charge in [-0.15, -0.1) is 22.9 Å². The maximum absolute atomic E-state index is 12.4. The topological polar surface area (TPSA) is 46.6 Å². The highest BCUT2D eigenvalue weighted by atomic mass is 35.5. The summed E-state index contributed by atoms with van der Waals surface area (Å²) in [5, 5.41) is 0. The van der Waals surface area contributed by atoms with Crippen molar-refractivity contribution in [1.29, 1.82) is 0 Å². The van der Waals surface area contributed by atoms with Crippen molar-refractivity contribution in [2.24, 2.45) is 0 Å². The van der Waals surface area contributed by atoms with E-state index < -0.39 is 10.0 Å². The van der Waals surface area contributed by atoms with E-state index in [0.717, 1.165) is 4.88 Å². The van der Waals surface area contributed by atoms with Gasteiger partial charge >= 0.3 is 0 Å². The van der Waals surface area contributed by atoms with Gasteiger partial charge in [0.2, 0.25) is 0 Å². The van der Waals surface area contributed by atoms with Crippen molar-refractivity contribution in [2.75, 3.05) is 20.3 Å². The predicted octanol–water partition coefficient (Wildman–Crippen LogP) is 2.53. The third kappa shape index (κ3) is 3.68. The molecule has 4 nitrogen and oxygen atoms in total. The van der Waals surface area contributed by atoms with Crippen LogP contribution in [0.15, 0.2) is 16.3 Å². The lowest BCUT2D eigenvalue weighted by atomic mass is 10.4. The lowest BCUT2D eigenvalue weighted by Gasteiger charge is -2.24. The first kappa shape index (κ1) is 15.9. The average molecular weight is 312 g/mol. The van der Waals surface area contributed by atoms with Crippen LogP contribution in [0, 0.1) is 0 Å². The number of hydrogen-bond donors (Lipinski definition) is 0. The van der Waals surface area contributed by atoms with Crippen LogP contribution in [0.25, 0.3) is 0 Å². The first-order valence-electron chi connectivity index (χ1n) is 5.59. The molecule has 7 heteroatoms. The van der Waals surface area contributed by atoms with E-state index in [-0.39, 0.29) is 6.04 Å². The van der Waals surface area contributed by atoms with Crippen LogP contribution in [-0.2, 0) is 20.6 Å². The van der Waals surface area contributed by atoms with E-state index in [1.165, 1.54) is 15.6 Å². The lowest BCUT2D eigenvalue weighted by Crippen LogP contribution is -2.38. The molecule has 18 heavy (non-hydrogen) atoms. The second kappa shape index (κ2) is 6.86. The average Bonchev–Trinajstić information content (AvgIpc) is 2.77. The maximum Gasteiger partial charge on any atom is 0.252 e. The van der Waals surface area contributed by atoms with Crippen LogP contribution in [-0.4, -0.2) is 39.0 Å². The Bertz CT molecular complexity index is 470. The molecule has 1 heterocycles. The highest BCUT2D eigenvalue weighted by molar-refractivity contribution is 7.91. The van der Waals surface area contributed by atoms with Crippen molar-refractivity contribution in [3.63, 3.8) is 0 Å². The molecule has 0 bridgehead atoms. The Balaban J connectivity index is 3.00. The van der Waals surface area contributed by atoms with Crippen molar-refractivity contribution in [3.8, 4) is 0 Å². The second-order valence-corrected chi connectivity index (χ2v) is 7.61. The summed E-state index contributed by atoms with van der Waals surface area (Å²) in [6.07, 6.45) is 0. The molecule has 1 aromatic heterocycles. The van der Waals surface area contributed by atoms with Gasteiger partial charge in [0.05, 0.1) is 12.5 Å². The highest BCUT2D eigenvalue weighted by Crippen LogP contribution is 2.26. The van der Waals surface area contributed by atoms with E-state index >= 15 is 0 Å². The summed E-state index contributed by atoms with van der Waals surface area (Å²) in [6.45, 7) is 4.43. The molecule has 0 radical (unpaired) electrons. The van der Waals surface area contributed by atoms with Gasteiger partial charge in [-0.3, -0.25) is 0 Å². The number of nitrogens with zero attached hydrogens (tertiary/aromatic N) is 1. The Labute approximate surface area is 118 Å². The van der Waals surface area contributed by atoms with E-state index in [0.29, 0.717) is 23.2 Å². The molecule has 0 aliphatic heterocycles. The molecule has 104 valence electrons. The van der Waals surface area contributed by atoms with Crippen LogP contribution >= 0.6 is 22.9 Å². The number of sulfonamides is 1. The Hall–Kier alpha value is -0.140. The number of hydrogen-bond acceptors (Lipinski definition) is 4. The molecule has 0 atom stereocenters. The molecule has 0 spiro atoms. The van der Waals surface area contributed by atoms with E-state index in [2.05, 4.69) is 0 Å². The number of thiophene rings is 1. The number of ether oxygens (including phenoxy) is 1. The van der Waals surface area contributed by atoms with Crippen LogP contribution < -0.4 is 0 Å². The van der Waals surface area contributed by atoms with Crippen LogP contribution in [0.3, 0.4) is 0 Å². The molecule has 0 saturated carbocycles. The van der Waals surface area contributed by atoms with Gasteiger partial charge in [-0.2, -0.15) is 4.31 Å². The molecule has 0 aliphatic rings. The van der Waals surface area contributed by atoms with Gasteiger partial charge in [-0.1, -0.05) is 0 Å². The Morgan fingerprint density at radius 1 is 1.44 bits per heavy atom. The normalized spacial score (nSPS) is 12.6. The van der Waals surface area contributed by atoms with Gasteiger partial charge in [-0.05, 0) is 26.0 Å². The van der Waals surface area contributed by atoms with Gasteiger partial charge in [0.1, 0.15) is 4.21 Å². The molecule has 0 aliphatic carbocycles. The first-order valence-corrected chi connectivity index (χ1v) is 8.38. The summed E-state index contributed by atoms with van der Waals surface area (Å²) in [6, 6.07) is 3.26. The fraction of sp³-hybridized carbons (Fsp3) is 0.636. The molecule has 0 N–H and O–H groups in total. The Morgan fingerprint density at radius 2 is 2.11 bits per heavy atom. The molecular weight excluding hydrogens is 294 g/mol. The van der Waals surface area contributed by atoms with Crippen LogP contribution in [0.5, 0.6) is 0 Å². The first-order chi connectivity index (χ1) is 8.43. The van der Waals surface area contributed by atoms with E-state index in [1.807, 2.05) is 13.8 Å². The molecule has 0 saturated heterocycles. The zero-order chi connectivity index (χ0) is 13.8.